The van der Waals surface area contributed by atoms with E-state index in [2.05, 4.69) is 15.3 Å². The molecule has 1 saturated heterocycles. The van der Waals surface area contributed by atoms with Crippen molar-refractivity contribution in [1.29, 1.82) is 0 Å². The van der Waals surface area contributed by atoms with E-state index < -0.39 is 37.7 Å². The van der Waals surface area contributed by atoms with E-state index in [1.807, 2.05) is 20.8 Å². The highest BCUT2D eigenvalue weighted by Crippen LogP contribution is 2.33. The van der Waals surface area contributed by atoms with Crippen molar-refractivity contribution in [2.75, 3.05) is 24.3 Å². The van der Waals surface area contributed by atoms with Gasteiger partial charge in [-0.15, -0.1) is 0 Å². The van der Waals surface area contributed by atoms with Gasteiger partial charge in [-0.25, -0.2) is 27.2 Å². The highest BCUT2D eigenvalue weighted by atomic mass is 32.2. The monoisotopic (exact) mass is 622 g/mol. The predicted molar refractivity (Wildman–Crippen MR) is 154 cm³/mol. The van der Waals surface area contributed by atoms with Gasteiger partial charge < -0.3 is 14.8 Å². The molecule has 1 aliphatic heterocycles. The number of benzene rings is 2. The van der Waals surface area contributed by atoms with Crippen LogP contribution in [0.1, 0.15) is 26.3 Å². The topological polar surface area (TPSA) is 112 Å². The molecule has 0 unspecified atom stereocenters. The first-order chi connectivity index (χ1) is 19.4. The van der Waals surface area contributed by atoms with Gasteiger partial charge in [0, 0.05) is 17.9 Å². The minimum Gasteiger partial charge on any atom is -0.359 e. The molecule has 0 radical (unpaired) electrons. The third kappa shape index (κ3) is 6.61. The largest absolute Gasteiger partial charge is 0.359 e. The van der Waals surface area contributed by atoms with E-state index >= 15 is 0 Å². The molecule has 1 aliphatic rings. The lowest BCUT2D eigenvalue weighted by molar-refractivity contribution is -0.261. The average Bonchev–Trinajstić information content (AvgIpc) is 3.26. The maximum atomic E-state index is 14.3. The zero-order valence-corrected chi connectivity index (χ0v) is 25.0. The Kier molecular flexibility index (Phi) is 8.23. The van der Waals surface area contributed by atoms with Crippen molar-refractivity contribution >= 4 is 49.1 Å². The molecule has 41 heavy (non-hydrogen) atoms. The van der Waals surface area contributed by atoms with Crippen LogP contribution in [0.25, 0.3) is 10.3 Å². The van der Waals surface area contributed by atoms with Gasteiger partial charge in [0.15, 0.2) is 43.9 Å². The number of halogens is 2. The van der Waals surface area contributed by atoms with Gasteiger partial charge in [-0.2, -0.15) is 0 Å². The molecule has 0 bridgehead atoms. The van der Waals surface area contributed by atoms with Crippen molar-refractivity contribution in [3.05, 3.63) is 75.4 Å². The Morgan fingerprint density at radius 2 is 1.76 bits per heavy atom. The molecule has 0 spiro atoms. The second-order valence-corrected chi connectivity index (χ2v) is 14.3. The quantitative estimate of drug-likeness (QED) is 0.207. The molecule has 4 aromatic rings. The van der Waals surface area contributed by atoms with Gasteiger partial charge in [-0.1, -0.05) is 53.4 Å². The summed E-state index contributed by atoms with van der Waals surface area (Å²) in [5.74, 6) is -2.62. The number of nitrogens with one attached hydrogen (secondary N) is 1. The van der Waals surface area contributed by atoms with E-state index in [0.717, 1.165) is 29.2 Å². The number of aromatic nitrogens is 3. The number of ether oxygens (including phenoxy) is 2. The lowest BCUT2D eigenvalue weighted by Gasteiger charge is -2.42. The number of fused-ring (bicyclic) bond motifs is 1. The van der Waals surface area contributed by atoms with Crippen molar-refractivity contribution < 1.29 is 26.7 Å². The standard InChI is InChI=1S/C27H28F2N4O5S3/c1-26(2)37-15-27(3,16-38-26)32-22-21-23(31-24(30-22)39-14-17-8-7-11-19(28)20(17)29)33(25(34)40-21)12-13-41(35,36)18-9-5-4-6-10-18/h4-11H,12-16H2,1-3H3,(H,30,31,32). The minimum absolute atomic E-state index is 0.0307. The van der Waals surface area contributed by atoms with Crippen LogP contribution in [0.4, 0.5) is 14.6 Å². The van der Waals surface area contributed by atoms with Crippen LogP contribution in [0.5, 0.6) is 0 Å². The number of sulfone groups is 1. The third-order valence-corrected chi connectivity index (χ3v) is 10.0. The summed E-state index contributed by atoms with van der Waals surface area (Å²) in [5.41, 5.74) is -0.334. The van der Waals surface area contributed by atoms with E-state index in [1.165, 1.54) is 28.8 Å². The lowest BCUT2D eigenvalue weighted by atomic mass is 10.0. The van der Waals surface area contributed by atoms with Crippen molar-refractivity contribution in [2.45, 2.75) is 54.4 Å². The highest BCUT2D eigenvalue weighted by molar-refractivity contribution is 7.98. The second kappa shape index (κ2) is 11.4. The fourth-order valence-electron chi connectivity index (χ4n) is 4.14. The van der Waals surface area contributed by atoms with Gasteiger partial charge in [-0.05, 0) is 39.0 Å². The molecule has 3 heterocycles. The second-order valence-electron chi connectivity index (χ2n) is 10.3. The molecule has 9 nitrogen and oxygen atoms in total. The fraction of sp³-hybridized carbons (Fsp3) is 0.370. The van der Waals surface area contributed by atoms with E-state index in [4.69, 9.17) is 9.47 Å². The van der Waals surface area contributed by atoms with Crippen LogP contribution in [-0.4, -0.2) is 53.2 Å². The Morgan fingerprint density at radius 1 is 1.05 bits per heavy atom. The average molecular weight is 623 g/mol. The zero-order chi connectivity index (χ0) is 29.4. The number of anilines is 1. The summed E-state index contributed by atoms with van der Waals surface area (Å²) >= 11 is 1.96. The maximum absolute atomic E-state index is 14.3. The maximum Gasteiger partial charge on any atom is 0.309 e. The molecular formula is C27H28F2N4O5S3. The highest BCUT2D eigenvalue weighted by Gasteiger charge is 2.37. The number of nitrogens with zero attached hydrogens (tertiary/aromatic N) is 3. The smallest absolute Gasteiger partial charge is 0.309 e. The SMILES string of the molecule is CC1(Nc2nc(SCc3cccc(F)c3F)nc3c2sc(=O)n3CCS(=O)(=O)c2ccccc2)COC(C)(C)OC1. The third-order valence-electron chi connectivity index (χ3n) is 6.46. The summed E-state index contributed by atoms with van der Waals surface area (Å²) in [5, 5.41) is 3.52. The summed E-state index contributed by atoms with van der Waals surface area (Å²) < 4.78 is 67.3. The summed E-state index contributed by atoms with van der Waals surface area (Å²) in [6, 6.07) is 11.9. The molecule has 0 saturated carbocycles. The number of thiazole rings is 1. The summed E-state index contributed by atoms with van der Waals surface area (Å²) in [7, 11) is -3.67. The van der Waals surface area contributed by atoms with Crippen LogP contribution in [0.15, 0.2) is 63.4 Å². The number of hydrogen-bond donors (Lipinski definition) is 1. The summed E-state index contributed by atoms with van der Waals surface area (Å²) in [4.78, 5) is 22.0. The molecule has 5 rings (SSSR count). The van der Waals surface area contributed by atoms with Gasteiger partial charge in [0.1, 0.15) is 4.70 Å². The Bertz CT molecular complexity index is 1730. The molecule has 218 valence electrons. The van der Waals surface area contributed by atoms with Gasteiger partial charge in [0.2, 0.25) is 0 Å². The zero-order valence-electron chi connectivity index (χ0n) is 22.5. The van der Waals surface area contributed by atoms with Crippen molar-refractivity contribution in [3.63, 3.8) is 0 Å². The van der Waals surface area contributed by atoms with E-state index in [9.17, 15) is 22.0 Å². The minimum atomic E-state index is -3.67. The number of aryl methyl sites for hydroxylation is 1. The van der Waals surface area contributed by atoms with Gasteiger partial charge in [0.05, 0.1) is 29.4 Å². The molecular weight excluding hydrogens is 595 g/mol. The first kappa shape index (κ1) is 29.6. The molecule has 0 aliphatic carbocycles. The van der Waals surface area contributed by atoms with Crippen molar-refractivity contribution in [1.82, 2.24) is 14.5 Å². The molecule has 1 N–H and O–H groups in total. The van der Waals surface area contributed by atoms with Crippen LogP contribution >= 0.6 is 23.1 Å². The molecule has 0 amide bonds. The van der Waals surface area contributed by atoms with E-state index in [0.29, 0.717) is 10.5 Å². The number of hydrogen-bond acceptors (Lipinski definition) is 10. The molecule has 2 aromatic carbocycles. The normalized spacial score (nSPS) is 16.6. The van der Waals surface area contributed by atoms with Crippen LogP contribution in [0.3, 0.4) is 0 Å². The Balaban J connectivity index is 1.50. The molecule has 0 atom stereocenters. The number of rotatable bonds is 9. The van der Waals surface area contributed by atoms with E-state index in [1.54, 1.807) is 18.2 Å². The van der Waals surface area contributed by atoms with Crippen LogP contribution < -0.4 is 10.2 Å². The van der Waals surface area contributed by atoms with Crippen molar-refractivity contribution in [2.24, 2.45) is 0 Å². The Labute approximate surface area is 243 Å². The predicted octanol–water partition coefficient (Wildman–Crippen LogP) is 4.85. The van der Waals surface area contributed by atoms with Crippen LogP contribution in [0, 0.1) is 11.6 Å². The lowest BCUT2D eigenvalue weighted by Crippen LogP contribution is -2.54. The fourth-order valence-corrected chi connectivity index (χ4v) is 7.09. The van der Waals surface area contributed by atoms with Crippen LogP contribution in [-0.2, 0) is 31.6 Å². The Morgan fingerprint density at radius 3 is 2.46 bits per heavy atom. The first-order valence-corrected chi connectivity index (χ1v) is 16.1. The number of thioether (sulfide) groups is 1. The summed E-state index contributed by atoms with van der Waals surface area (Å²) in [6.07, 6.45) is 0. The van der Waals surface area contributed by atoms with Crippen molar-refractivity contribution in [3.8, 4) is 0 Å². The molecule has 2 aromatic heterocycles. The van der Waals surface area contributed by atoms with Gasteiger partial charge in [-0.3, -0.25) is 9.36 Å². The van der Waals surface area contributed by atoms with E-state index in [-0.39, 0.29) is 52.5 Å². The van der Waals surface area contributed by atoms with Gasteiger partial charge in [0.25, 0.3) is 0 Å². The summed E-state index contributed by atoms with van der Waals surface area (Å²) in [6.45, 7) is 5.95. The Hall–Kier alpha value is -2.91. The van der Waals surface area contributed by atoms with Gasteiger partial charge >= 0.3 is 4.87 Å². The first-order valence-electron chi connectivity index (χ1n) is 12.7. The molecule has 1 fully saturated rings. The van der Waals surface area contributed by atoms with Crippen LogP contribution in [0.2, 0.25) is 0 Å². The molecule has 14 heteroatoms.